The molecule has 0 saturated carbocycles. The van der Waals surface area contributed by atoms with Gasteiger partial charge in [-0.2, -0.15) is 0 Å². The summed E-state index contributed by atoms with van der Waals surface area (Å²) in [5.41, 5.74) is 2.37. The minimum Gasteiger partial charge on any atom is -0.489 e. The molecule has 1 atom stereocenters. The van der Waals surface area contributed by atoms with E-state index in [1.165, 1.54) is 0 Å². The number of aryl methyl sites for hydroxylation is 2. The van der Waals surface area contributed by atoms with Crippen LogP contribution in [0.5, 0.6) is 5.75 Å². The number of carbonyl (C=O) groups excluding carboxylic acids is 1. The van der Waals surface area contributed by atoms with E-state index in [9.17, 15) is 4.79 Å². The Morgan fingerprint density at radius 3 is 2.86 bits per heavy atom. The molecule has 5 nitrogen and oxygen atoms in total. The second-order valence-corrected chi connectivity index (χ2v) is 5.98. The molecule has 116 valence electrons. The number of fused-ring (bicyclic) bond motifs is 1. The van der Waals surface area contributed by atoms with E-state index in [0.717, 1.165) is 16.8 Å². The van der Waals surface area contributed by atoms with Crippen LogP contribution in [0.25, 0.3) is 0 Å². The number of aromatic nitrogens is 1. The molecule has 1 aliphatic rings. The predicted molar refractivity (Wildman–Crippen MR) is 82.5 cm³/mol. The number of nitrogens with one attached hydrogen (secondary N) is 1. The van der Waals surface area contributed by atoms with Crippen LogP contribution in [-0.2, 0) is 11.2 Å². The molecule has 0 fully saturated rings. The van der Waals surface area contributed by atoms with Gasteiger partial charge in [0, 0.05) is 11.1 Å². The number of amides is 1. The van der Waals surface area contributed by atoms with Gasteiger partial charge in [-0.3, -0.25) is 4.79 Å². The Hall–Kier alpha value is -1.72. The summed E-state index contributed by atoms with van der Waals surface area (Å²) in [6, 6.07) is 3.28. The molecule has 7 heteroatoms. The quantitative estimate of drug-likeness (QED) is 0.929. The van der Waals surface area contributed by atoms with E-state index < -0.39 is 0 Å². The van der Waals surface area contributed by atoms with E-state index in [2.05, 4.69) is 10.5 Å². The first-order valence-corrected chi connectivity index (χ1v) is 7.54. The SMILES string of the molecule is Cc1noc(C)c1CC(=O)N[C@@H]1COc2c1ccc(Cl)c2Cl. The molecule has 0 aliphatic carbocycles. The Labute approximate surface area is 137 Å². The van der Waals surface area contributed by atoms with Gasteiger partial charge >= 0.3 is 0 Å². The minimum atomic E-state index is -0.238. The summed E-state index contributed by atoms with van der Waals surface area (Å²) in [5, 5.41) is 7.60. The van der Waals surface area contributed by atoms with E-state index in [1.54, 1.807) is 13.0 Å². The molecular weight excluding hydrogens is 327 g/mol. The lowest BCUT2D eigenvalue weighted by Crippen LogP contribution is -2.30. The Bertz CT molecular complexity index is 723. The molecule has 3 rings (SSSR count). The summed E-state index contributed by atoms with van der Waals surface area (Å²) >= 11 is 12.1. The molecule has 2 heterocycles. The average Bonchev–Trinajstić information content (AvgIpc) is 3.02. The molecule has 0 radical (unpaired) electrons. The zero-order valence-corrected chi connectivity index (χ0v) is 13.6. The Morgan fingerprint density at radius 1 is 1.41 bits per heavy atom. The van der Waals surface area contributed by atoms with Gasteiger partial charge in [0.05, 0.1) is 23.2 Å². The molecule has 1 amide bonds. The lowest BCUT2D eigenvalue weighted by atomic mass is 10.1. The van der Waals surface area contributed by atoms with Crippen molar-refractivity contribution in [3.63, 3.8) is 0 Å². The van der Waals surface area contributed by atoms with Gasteiger partial charge < -0.3 is 14.6 Å². The summed E-state index contributed by atoms with van der Waals surface area (Å²) in [6.45, 7) is 3.94. The third kappa shape index (κ3) is 2.66. The zero-order chi connectivity index (χ0) is 15.9. The van der Waals surface area contributed by atoms with Crippen molar-refractivity contribution >= 4 is 29.1 Å². The van der Waals surface area contributed by atoms with Crippen molar-refractivity contribution in [3.8, 4) is 5.75 Å². The van der Waals surface area contributed by atoms with Gasteiger partial charge in [0.2, 0.25) is 5.91 Å². The first-order chi connectivity index (χ1) is 10.5. The lowest BCUT2D eigenvalue weighted by Gasteiger charge is -2.12. The second-order valence-electron chi connectivity index (χ2n) is 5.19. The molecule has 1 N–H and O–H groups in total. The molecule has 22 heavy (non-hydrogen) atoms. The van der Waals surface area contributed by atoms with Crippen molar-refractivity contribution in [2.75, 3.05) is 6.61 Å². The van der Waals surface area contributed by atoms with Gasteiger partial charge in [-0.1, -0.05) is 34.4 Å². The van der Waals surface area contributed by atoms with Crippen LogP contribution in [0.1, 0.15) is 28.6 Å². The summed E-state index contributed by atoms with van der Waals surface area (Å²) < 4.78 is 10.6. The Balaban J connectivity index is 1.74. The highest BCUT2D eigenvalue weighted by Gasteiger charge is 2.29. The third-order valence-electron chi connectivity index (χ3n) is 3.70. The molecular formula is C15H14Cl2N2O3. The fourth-order valence-corrected chi connectivity index (χ4v) is 2.88. The van der Waals surface area contributed by atoms with Crippen molar-refractivity contribution in [1.82, 2.24) is 10.5 Å². The highest BCUT2D eigenvalue weighted by Crippen LogP contribution is 2.42. The van der Waals surface area contributed by atoms with Crippen LogP contribution < -0.4 is 10.1 Å². The highest BCUT2D eigenvalue weighted by molar-refractivity contribution is 6.43. The molecule has 2 aromatic rings. The largest absolute Gasteiger partial charge is 0.489 e. The number of nitrogens with zero attached hydrogens (tertiary/aromatic N) is 1. The molecule has 0 bridgehead atoms. The predicted octanol–water partition coefficient (Wildman–Crippen LogP) is 3.39. The van der Waals surface area contributed by atoms with E-state index in [1.807, 2.05) is 13.0 Å². The fourth-order valence-electron chi connectivity index (χ4n) is 2.50. The van der Waals surface area contributed by atoms with Gasteiger partial charge in [-0.05, 0) is 19.9 Å². The normalized spacial score (nSPS) is 16.3. The van der Waals surface area contributed by atoms with E-state index in [-0.39, 0.29) is 18.4 Å². The highest BCUT2D eigenvalue weighted by atomic mass is 35.5. The fraction of sp³-hybridized carbons (Fsp3) is 0.333. The number of hydrogen-bond donors (Lipinski definition) is 1. The molecule has 0 unspecified atom stereocenters. The van der Waals surface area contributed by atoms with E-state index in [4.69, 9.17) is 32.5 Å². The number of rotatable bonds is 3. The number of hydrogen-bond acceptors (Lipinski definition) is 4. The van der Waals surface area contributed by atoms with Crippen molar-refractivity contribution in [3.05, 3.63) is 44.8 Å². The number of ether oxygens (including phenoxy) is 1. The molecule has 1 aromatic heterocycles. The maximum Gasteiger partial charge on any atom is 0.225 e. The van der Waals surface area contributed by atoms with Crippen LogP contribution in [0, 0.1) is 13.8 Å². The first kappa shape index (κ1) is 15.2. The number of benzene rings is 1. The van der Waals surface area contributed by atoms with Gasteiger partial charge in [0.25, 0.3) is 0 Å². The summed E-state index contributed by atoms with van der Waals surface area (Å²) in [5.74, 6) is 1.07. The molecule has 1 aromatic carbocycles. The minimum absolute atomic E-state index is 0.123. The van der Waals surface area contributed by atoms with Crippen molar-refractivity contribution in [1.29, 1.82) is 0 Å². The van der Waals surface area contributed by atoms with E-state index >= 15 is 0 Å². The van der Waals surface area contributed by atoms with Crippen molar-refractivity contribution < 1.29 is 14.1 Å². The van der Waals surface area contributed by atoms with Gasteiger partial charge in [0.1, 0.15) is 23.1 Å². The van der Waals surface area contributed by atoms with E-state index in [0.29, 0.717) is 28.2 Å². The maximum atomic E-state index is 12.2. The number of carbonyl (C=O) groups is 1. The van der Waals surface area contributed by atoms with Crippen LogP contribution in [0.3, 0.4) is 0 Å². The average molecular weight is 341 g/mol. The maximum absolute atomic E-state index is 12.2. The summed E-state index contributed by atoms with van der Waals surface area (Å²) in [4.78, 5) is 12.2. The Kier molecular flexibility index (Phi) is 4.02. The zero-order valence-electron chi connectivity index (χ0n) is 12.1. The van der Waals surface area contributed by atoms with Crippen molar-refractivity contribution in [2.24, 2.45) is 0 Å². The van der Waals surface area contributed by atoms with Crippen LogP contribution >= 0.6 is 23.2 Å². The topological polar surface area (TPSA) is 64.4 Å². The van der Waals surface area contributed by atoms with Gasteiger partial charge in [-0.15, -0.1) is 0 Å². The standard InChI is InChI=1S/C15H14Cl2N2O3/c1-7-10(8(2)22-19-7)5-13(20)18-12-6-21-15-9(12)3-4-11(16)14(15)17/h3-4,12H,5-6H2,1-2H3,(H,18,20)/t12-/m1/s1. The second kappa shape index (κ2) is 5.82. The molecule has 0 saturated heterocycles. The first-order valence-electron chi connectivity index (χ1n) is 6.79. The number of halogens is 2. The van der Waals surface area contributed by atoms with Crippen LogP contribution in [0.4, 0.5) is 0 Å². The molecule has 0 spiro atoms. The van der Waals surface area contributed by atoms with Gasteiger partial charge in [-0.25, -0.2) is 0 Å². The van der Waals surface area contributed by atoms with Gasteiger partial charge in [0.15, 0.2) is 0 Å². The summed E-state index contributed by atoms with van der Waals surface area (Å²) in [6.07, 6.45) is 0.217. The summed E-state index contributed by atoms with van der Waals surface area (Å²) in [7, 11) is 0. The van der Waals surface area contributed by atoms with Crippen LogP contribution in [0.2, 0.25) is 10.0 Å². The van der Waals surface area contributed by atoms with Crippen molar-refractivity contribution in [2.45, 2.75) is 26.3 Å². The molecule has 1 aliphatic heterocycles. The third-order valence-corrected chi connectivity index (χ3v) is 4.49. The lowest BCUT2D eigenvalue weighted by molar-refractivity contribution is -0.121. The smallest absolute Gasteiger partial charge is 0.225 e. The van der Waals surface area contributed by atoms with Crippen LogP contribution in [-0.4, -0.2) is 17.7 Å². The van der Waals surface area contributed by atoms with Crippen LogP contribution in [0.15, 0.2) is 16.7 Å². The Morgan fingerprint density at radius 2 is 2.18 bits per heavy atom. The monoisotopic (exact) mass is 340 g/mol.